The zero-order valence-electron chi connectivity index (χ0n) is 13.1. The Kier molecular flexibility index (Phi) is 3.53. The van der Waals surface area contributed by atoms with Crippen molar-refractivity contribution in [2.24, 2.45) is 0 Å². The fourth-order valence-electron chi connectivity index (χ4n) is 3.30. The largest absolute Gasteiger partial charge is 0.479 e. The molecule has 21 heavy (non-hydrogen) atoms. The lowest BCUT2D eigenvalue weighted by atomic mass is 9.78. The zero-order chi connectivity index (χ0) is 16.1. The van der Waals surface area contributed by atoms with Crippen molar-refractivity contribution in [1.29, 1.82) is 0 Å². The molecule has 0 saturated carbocycles. The molecule has 1 aromatic carbocycles. The highest BCUT2D eigenvalue weighted by molar-refractivity contribution is 5.85. The molecule has 0 spiro atoms. The third-order valence-electron chi connectivity index (χ3n) is 4.02. The molecule has 2 N–H and O–H groups in total. The minimum atomic E-state index is -1.31. The van der Waals surface area contributed by atoms with E-state index in [9.17, 15) is 14.3 Å². The van der Waals surface area contributed by atoms with Gasteiger partial charge in [-0.15, -0.1) is 0 Å². The molecule has 1 unspecified atom stereocenters. The Balaban J connectivity index is 2.47. The van der Waals surface area contributed by atoms with Gasteiger partial charge in [-0.2, -0.15) is 0 Å². The Labute approximate surface area is 124 Å². The molecule has 1 aliphatic rings. The highest BCUT2D eigenvalue weighted by Crippen LogP contribution is 2.47. The van der Waals surface area contributed by atoms with E-state index in [1.54, 1.807) is 26.8 Å². The SMILES string of the molecule is Cc1cc(F)cc(NC2(C(=O)O)CC(C)(C)OC2(C)C)c1. The van der Waals surface area contributed by atoms with E-state index < -0.39 is 28.5 Å². The first-order valence-corrected chi connectivity index (χ1v) is 6.96. The number of aliphatic carboxylic acids is 1. The number of carboxylic acids is 1. The topological polar surface area (TPSA) is 58.6 Å². The van der Waals surface area contributed by atoms with Crippen LogP contribution in [0.1, 0.15) is 39.7 Å². The third-order valence-corrected chi connectivity index (χ3v) is 4.02. The van der Waals surface area contributed by atoms with Gasteiger partial charge in [0, 0.05) is 12.1 Å². The molecule has 1 heterocycles. The second-order valence-corrected chi connectivity index (χ2v) is 6.90. The number of carboxylic acid groups (broad SMARTS) is 1. The van der Waals surface area contributed by atoms with E-state index in [-0.39, 0.29) is 6.42 Å². The molecule has 0 aliphatic carbocycles. The molecule has 1 aromatic rings. The van der Waals surface area contributed by atoms with Gasteiger partial charge in [0.2, 0.25) is 0 Å². The van der Waals surface area contributed by atoms with E-state index in [0.29, 0.717) is 5.69 Å². The van der Waals surface area contributed by atoms with Crippen LogP contribution in [-0.4, -0.2) is 27.8 Å². The average molecular weight is 295 g/mol. The Hall–Kier alpha value is -1.62. The molecule has 5 heteroatoms. The fraction of sp³-hybridized carbons (Fsp3) is 0.562. The maximum absolute atomic E-state index is 13.6. The molecular weight excluding hydrogens is 273 g/mol. The molecule has 0 radical (unpaired) electrons. The van der Waals surface area contributed by atoms with Gasteiger partial charge in [-0.1, -0.05) is 0 Å². The van der Waals surface area contributed by atoms with Gasteiger partial charge in [0.05, 0.1) is 11.2 Å². The number of rotatable bonds is 3. The highest BCUT2D eigenvalue weighted by atomic mass is 19.1. The molecule has 116 valence electrons. The number of halogens is 1. The molecule has 1 saturated heterocycles. The predicted molar refractivity (Wildman–Crippen MR) is 79.0 cm³/mol. The van der Waals surface area contributed by atoms with Gasteiger partial charge >= 0.3 is 5.97 Å². The van der Waals surface area contributed by atoms with Crippen LogP contribution in [0.4, 0.5) is 10.1 Å². The summed E-state index contributed by atoms with van der Waals surface area (Å²) >= 11 is 0. The average Bonchev–Trinajstić information content (AvgIpc) is 2.42. The van der Waals surface area contributed by atoms with Crippen LogP contribution in [-0.2, 0) is 9.53 Å². The van der Waals surface area contributed by atoms with E-state index in [4.69, 9.17) is 4.74 Å². The normalized spacial score (nSPS) is 26.6. The number of hydrogen-bond donors (Lipinski definition) is 2. The van der Waals surface area contributed by atoms with Crippen LogP contribution >= 0.6 is 0 Å². The Morgan fingerprint density at radius 1 is 1.29 bits per heavy atom. The van der Waals surface area contributed by atoms with Crippen LogP contribution in [0.2, 0.25) is 0 Å². The summed E-state index contributed by atoms with van der Waals surface area (Å²) in [6.07, 6.45) is 0.290. The van der Waals surface area contributed by atoms with Crippen LogP contribution in [0.25, 0.3) is 0 Å². The van der Waals surface area contributed by atoms with Gasteiger partial charge in [0.25, 0.3) is 0 Å². The van der Waals surface area contributed by atoms with Crippen LogP contribution in [0.3, 0.4) is 0 Å². The summed E-state index contributed by atoms with van der Waals surface area (Å²) in [6.45, 7) is 8.97. The minimum absolute atomic E-state index is 0.290. The molecule has 1 aliphatic heterocycles. The molecule has 2 rings (SSSR count). The Bertz CT molecular complexity index is 563. The van der Waals surface area contributed by atoms with Gasteiger partial charge < -0.3 is 15.2 Å². The number of carbonyl (C=O) groups is 1. The lowest BCUT2D eigenvalue weighted by Crippen LogP contribution is -2.58. The van der Waals surface area contributed by atoms with E-state index in [0.717, 1.165) is 5.56 Å². The van der Waals surface area contributed by atoms with Crippen molar-refractivity contribution in [3.8, 4) is 0 Å². The molecule has 1 fully saturated rings. The molecular formula is C16H22FNO3. The standard InChI is InChI=1S/C16H22FNO3/c1-10-6-11(17)8-12(7-10)18-16(13(19)20)9-14(2,3)21-15(16,4)5/h6-8,18H,9H2,1-5H3,(H,19,20). The number of hydrogen-bond acceptors (Lipinski definition) is 3. The predicted octanol–water partition coefficient (Wildman–Crippen LogP) is 3.35. The summed E-state index contributed by atoms with van der Waals surface area (Å²) < 4.78 is 19.5. The van der Waals surface area contributed by atoms with Crippen molar-refractivity contribution in [3.63, 3.8) is 0 Å². The van der Waals surface area contributed by atoms with Crippen LogP contribution in [0.15, 0.2) is 18.2 Å². The van der Waals surface area contributed by atoms with E-state index in [2.05, 4.69) is 5.32 Å². The van der Waals surface area contributed by atoms with E-state index in [1.165, 1.54) is 12.1 Å². The summed E-state index contributed by atoms with van der Waals surface area (Å²) in [5.41, 5.74) is -1.63. The first-order valence-electron chi connectivity index (χ1n) is 6.96. The fourth-order valence-corrected chi connectivity index (χ4v) is 3.30. The maximum atomic E-state index is 13.6. The van der Waals surface area contributed by atoms with Crippen molar-refractivity contribution in [2.75, 3.05) is 5.32 Å². The van der Waals surface area contributed by atoms with Crippen LogP contribution in [0.5, 0.6) is 0 Å². The summed E-state index contributed by atoms with van der Waals surface area (Å²) in [5.74, 6) is -1.39. The van der Waals surface area contributed by atoms with Crippen LogP contribution in [0, 0.1) is 12.7 Å². The number of benzene rings is 1. The number of aryl methyl sites for hydroxylation is 1. The monoisotopic (exact) mass is 295 g/mol. The van der Waals surface area contributed by atoms with Crippen molar-refractivity contribution in [3.05, 3.63) is 29.6 Å². The molecule has 0 amide bonds. The van der Waals surface area contributed by atoms with E-state index >= 15 is 0 Å². The number of ether oxygens (including phenoxy) is 1. The third kappa shape index (κ3) is 2.75. The summed E-state index contributed by atoms with van der Waals surface area (Å²) in [6, 6.07) is 4.44. The molecule has 4 nitrogen and oxygen atoms in total. The second kappa shape index (κ2) is 4.70. The van der Waals surface area contributed by atoms with Gasteiger partial charge in [-0.3, -0.25) is 0 Å². The first kappa shape index (κ1) is 15.8. The lowest BCUT2D eigenvalue weighted by Gasteiger charge is -2.37. The van der Waals surface area contributed by atoms with Crippen molar-refractivity contribution >= 4 is 11.7 Å². The summed E-state index contributed by atoms with van der Waals surface area (Å²) in [4.78, 5) is 12.0. The van der Waals surface area contributed by atoms with Gasteiger partial charge in [-0.25, -0.2) is 9.18 Å². The smallest absolute Gasteiger partial charge is 0.332 e. The van der Waals surface area contributed by atoms with Gasteiger partial charge in [-0.05, 0) is 58.4 Å². The first-order chi connectivity index (χ1) is 9.47. The maximum Gasteiger partial charge on any atom is 0.332 e. The second-order valence-electron chi connectivity index (χ2n) is 6.90. The van der Waals surface area contributed by atoms with Gasteiger partial charge in [0.1, 0.15) is 5.82 Å². The summed E-state index contributed by atoms with van der Waals surface area (Å²) in [7, 11) is 0. The van der Waals surface area contributed by atoms with Crippen LogP contribution < -0.4 is 5.32 Å². The lowest BCUT2D eigenvalue weighted by molar-refractivity contribution is -0.149. The van der Waals surface area contributed by atoms with Crippen molar-refractivity contribution < 1.29 is 19.0 Å². The Morgan fingerprint density at radius 2 is 1.90 bits per heavy atom. The molecule has 1 atom stereocenters. The van der Waals surface area contributed by atoms with Crippen molar-refractivity contribution in [1.82, 2.24) is 0 Å². The minimum Gasteiger partial charge on any atom is -0.479 e. The summed E-state index contributed by atoms with van der Waals surface area (Å²) in [5, 5.41) is 12.8. The van der Waals surface area contributed by atoms with E-state index in [1.807, 2.05) is 13.8 Å². The molecule has 0 aromatic heterocycles. The molecule has 0 bridgehead atoms. The Morgan fingerprint density at radius 3 is 2.33 bits per heavy atom. The quantitative estimate of drug-likeness (QED) is 0.898. The van der Waals surface area contributed by atoms with Gasteiger partial charge in [0.15, 0.2) is 5.54 Å². The number of nitrogens with one attached hydrogen (secondary N) is 1. The van der Waals surface area contributed by atoms with Crippen molar-refractivity contribution in [2.45, 2.75) is 57.8 Å². The zero-order valence-corrected chi connectivity index (χ0v) is 13.1. The highest BCUT2D eigenvalue weighted by Gasteiger charge is 2.62. The number of anilines is 1.